The Morgan fingerprint density at radius 2 is 2.41 bits per heavy atom. The maximum Gasteiger partial charge on any atom is 0.0784 e. The lowest BCUT2D eigenvalue weighted by molar-refractivity contribution is -0.125. The highest BCUT2D eigenvalue weighted by molar-refractivity contribution is 7.99. The summed E-state index contributed by atoms with van der Waals surface area (Å²) in [6, 6.07) is 0. The summed E-state index contributed by atoms with van der Waals surface area (Å²) >= 11 is 1.99. The van der Waals surface area contributed by atoms with Crippen molar-refractivity contribution in [3.05, 3.63) is 0 Å². The van der Waals surface area contributed by atoms with Crippen LogP contribution in [0.3, 0.4) is 0 Å². The standard InChI is InChI=1S/C13H25NO2S/c1-3-14-9-12(2,15)11-4-6-16-13(8-11)5-7-17-10-13/h11,14-15H,3-10H2,1-2H3. The Kier molecular flexibility index (Phi) is 4.40. The highest BCUT2D eigenvalue weighted by atomic mass is 32.2. The molecule has 2 aliphatic heterocycles. The molecule has 0 aliphatic carbocycles. The molecule has 0 aromatic carbocycles. The van der Waals surface area contributed by atoms with Gasteiger partial charge >= 0.3 is 0 Å². The zero-order valence-corrected chi connectivity index (χ0v) is 11.8. The molecule has 0 bridgehead atoms. The van der Waals surface area contributed by atoms with E-state index in [1.807, 2.05) is 18.7 Å². The zero-order valence-electron chi connectivity index (χ0n) is 11.0. The van der Waals surface area contributed by atoms with Crippen molar-refractivity contribution in [1.29, 1.82) is 0 Å². The number of aliphatic hydroxyl groups is 1. The van der Waals surface area contributed by atoms with E-state index in [1.54, 1.807) is 0 Å². The molecule has 3 atom stereocenters. The number of rotatable bonds is 4. The molecule has 2 heterocycles. The largest absolute Gasteiger partial charge is 0.389 e. The van der Waals surface area contributed by atoms with E-state index < -0.39 is 5.60 Å². The van der Waals surface area contributed by atoms with Gasteiger partial charge in [0, 0.05) is 18.9 Å². The summed E-state index contributed by atoms with van der Waals surface area (Å²) < 4.78 is 6.00. The number of nitrogens with one attached hydrogen (secondary N) is 1. The second-order valence-electron chi connectivity index (χ2n) is 5.66. The van der Waals surface area contributed by atoms with Crippen LogP contribution in [0.4, 0.5) is 0 Å². The first kappa shape index (κ1) is 13.7. The first-order chi connectivity index (χ1) is 8.08. The second kappa shape index (κ2) is 5.47. The molecule has 0 saturated carbocycles. The molecule has 0 aromatic heterocycles. The fraction of sp³-hybridized carbons (Fsp3) is 1.00. The normalized spacial score (nSPS) is 37.2. The molecule has 3 nitrogen and oxygen atoms in total. The van der Waals surface area contributed by atoms with Crippen molar-refractivity contribution in [3.8, 4) is 0 Å². The second-order valence-corrected chi connectivity index (χ2v) is 6.77. The molecule has 2 N–H and O–H groups in total. The van der Waals surface area contributed by atoms with Crippen molar-refractivity contribution in [2.75, 3.05) is 31.2 Å². The van der Waals surface area contributed by atoms with Gasteiger partial charge in [0.1, 0.15) is 0 Å². The molecule has 0 amide bonds. The van der Waals surface area contributed by atoms with Crippen molar-refractivity contribution in [3.63, 3.8) is 0 Å². The first-order valence-electron chi connectivity index (χ1n) is 6.73. The van der Waals surface area contributed by atoms with E-state index in [0.717, 1.165) is 38.2 Å². The lowest BCUT2D eigenvalue weighted by Crippen LogP contribution is -2.51. The zero-order chi connectivity index (χ0) is 12.4. The van der Waals surface area contributed by atoms with Gasteiger partial charge in [0.2, 0.25) is 0 Å². The van der Waals surface area contributed by atoms with Crippen LogP contribution in [0.5, 0.6) is 0 Å². The Morgan fingerprint density at radius 3 is 3.06 bits per heavy atom. The van der Waals surface area contributed by atoms with Gasteiger partial charge in [-0.2, -0.15) is 11.8 Å². The van der Waals surface area contributed by atoms with Crippen LogP contribution in [0.25, 0.3) is 0 Å². The van der Waals surface area contributed by atoms with Crippen LogP contribution >= 0.6 is 11.8 Å². The Bertz CT molecular complexity index is 252. The number of ether oxygens (including phenoxy) is 1. The minimum Gasteiger partial charge on any atom is -0.389 e. The van der Waals surface area contributed by atoms with Gasteiger partial charge in [0.05, 0.1) is 11.2 Å². The smallest absolute Gasteiger partial charge is 0.0784 e. The monoisotopic (exact) mass is 259 g/mol. The van der Waals surface area contributed by atoms with Crippen LogP contribution in [0.15, 0.2) is 0 Å². The molecular weight excluding hydrogens is 234 g/mol. The van der Waals surface area contributed by atoms with E-state index in [9.17, 15) is 5.11 Å². The molecule has 17 heavy (non-hydrogen) atoms. The van der Waals surface area contributed by atoms with Gasteiger partial charge in [-0.1, -0.05) is 6.92 Å². The van der Waals surface area contributed by atoms with Crippen molar-refractivity contribution in [2.24, 2.45) is 5.92 Å². The SMILES string of the molecule is CCNCC(C)(O)C1CCOC2(CCSC2)C1. The fourth-order valence-electron chi connectivity index (χ4n) is 2.94. The molecule has 2 rings (SSSR count). The molecule has 100 valence electrons. The quantitative estimate of drug-likeness (QED) is 0.805. The van der Waals surface area contributed by atoms with Gasteiger partial charge in [-0.25, -0.2) is 0 Å². The topological polar surface area (TPSA) is 41.5 Å². The first-order valence-corrected chi connectivity index (χ1v) is 7.88. The molecule has 3 unspecified atom stereocenters. The Balaban J connectivity index is 1.96. The number of thioether (sulfide) groups is 1. The average molecular weight is 259 g/mol. The highest BCUT2D eigenvalue weighted by Gasteiger charge is 2.45. The summed E-state index contributed by atoms with van der Waals surface area (Å²) in [7, 11) is 0. The molecule has 2 fully saturated rings. The predicted octanol–water partition coefficient (Wildman–Crippen LogP) is 1.65. The molecular formula is C13H25NO2S. The predicted molar refractivity (Wildman–Crippen MR) is 72.5 cm³/mol. The third kappa shape index (κ3) is 3.16. The Labute approximate surface area is 109 Å². The van der Waals surface area contributed by atoms with E-state index in [4.69, 9.17) is 4.74 Å². The highest BCUT2D eigenvalue weighted by Crippen LogP contribution is 2.43. The van der Waals surface area contributed by atoms with Gasteiger partial charge in [0.15, 0.2) is 0 Å². The summed E-state index contributed by atoms with van der Waals surface area (Å²) in [6.45, 7) is 6.47. The Morgan fingerprint density at radius 1 is 1.59 bits per heavy atom. The molecule has 0 radical (unpaired) electrons. The van der Waals surface area contributed by atoms with Gasteiger partial charge in [-0.3, -0.25) is 0 Å². The van der Waals surface area contributed by atoms with Crippen LogP contribution in [0.1, 0.15) is 33.1 Å². The van der Waals surface area contributed by atoms with Gasteiger partial charge < -0.3 is 15.2 Å². The molecule has 1 spiro atoms. The van der Waals surface area contributed by atoms with E-state index >= 15 is 0 Å². The Hall–Kier alpha value is 0.230. The summed E-state index contributed by atoms with van der Waals surface area (Å²) in [5.41, 5.74) is -0.524. The summed E-state index contributed by atoms with van der Waals surface area (Å²) in [6.07, 6.45) is 3.18. The van der Waals surface area contributed by atoms with Crippen molar-refractivity contribution >= 4 is 11.8 Å². The summed E-state index contributed by atoms with van der Waals surface area (Å²) in [5, 5.41) is 13.9. The van der Waals surface area contributed by atoms with Crippen LogP contribution in [-0.4, -0.2) is 47.5 Å². The molecule has 0 aromatic rings. The van der Waals surface area contributed by atoms with Crippen LogP contribution < -0.4 is 5.32 Å². The number of hydrogen-bond acceptors (Lipinski definition) is 4. The molecule has 4 heteroatoms. The van der Waals surface area contributed by atoms with Gasteiger partial charge in [0.25, 0.3) is 0 Å². The van der Waals surface area contributed by atoms with Gasteiger partial charge in [-0.15, -0.1) is 0 Å². The lowest BCUT2D eigenvalue weighted by Gasteiger charge is -2.43. The maximum atomic E-state index is 10.6. The van der Waals surface area contributed by atoms with E-state index in [-0.39, 0.29) is 5.60 Å². The van der Waals surface area contributed by atoms with E-state index in [1.165, 1.54) is 5.75 Å². The van der Waals surface area contributed by atoms with Crippen LogP contribution in [-0.2, 0) is 4.74 Å². The average Bonchev–Trinajstić information content (AvgIpc) is 2.75. The van der Waals surface area contributed by atoms with Gasteiger partial charge in [-0.05, 0) is 44.4 Å². The summed E-state index contributed by atoms with van der Waals surface area (Å²) in [4.78, 5) is 0. The molecule has 2 aliphatic rings. The third-order valence-corrected chi connectivity index (χ3v) is 5.40. The minimum atomic E-state index is -0.597. The van der Waals surface area contributed by atoms with Crippen molar-refractivity contribution in [1.82, 2.24) is 5.32 Å². The third-order valence-electron chi connectivity index (χ3n) is 4.17. The van der Waals surface area contributed by atoms with Crippen LogP contribution in [0, 0.1) is 5.92 Å². The maximum absolute atomic E-state index is 10.6. The number of likely N-dealkylation sites (N-methyl/N-ethyl adjacent to an activating group) is 1. The lowest BCUT2D eigenvalue weighted by atomic mass is 9.76. The van der Waals surface area contributed by atoms with E-state index in [0.29, 0.717) is 12.5 Å². The minimum absolute atomic E-state index is 0.0732. The van der Waals surface area contributed by atoms with E-state index in [2.05, 4.69) is 12.2 Å². The summed E-state index contributed by atoms with van der Waals surface area (Å²) in [5.74, 6) is 2.69. The van der Waals surface area contributed by atoms with Crippen molar-refractivity contribution < 1.29 is 9.84 Å². The van der Waals surface area contributed by atoms with Crippen molar-refractivity contribution in [2.45, 2.75) is 44.3 Å². The van der Waals surface area contributed by atoms with Crippen LogP contribution in [0.2, 0.25) is 0 Å². The molecule has 2 saturated heterocycles. The number of hydrogen-bond donors (Lipinski definition) is 2. The fourth-order valence-corrected chi connectivity index (χ4v) is 4.32.